The predicted octanol–water partition coefficient (Wildman–Crippen LogP) is 1.65. The predicted molar refractivity (Wildman–Crippen MR) is 71.9 cm³/mol. The summed E-state index contributed by atoms with van der Waals surface area (Å²) >= 11 is 0. The minimum Gasteiger partial charge on any atom is -0.316 e. The Morgan fingerprint density at radius 1 is 1.18 bits per heavy atom. The summed E-state index contributed by atoms with van der Waals surface area (Å²) in [5, 5.41) is 2.99. The van der Waals surface area contributed by atoms with Crippen molar-refractivity contribution in [3.8, 4) is 0 Å². The molecule has 1 aromatic rings. The summed E-state index contributed by atoms with van der Waals surface area (Å²) < 4.78 is 26.0. The highest BCUT2D eigenvalue weighted by Gasteiger charge is 2.09. The lowest BCUT2D eigenvalue weighted by Crippen LogP contribution is -2.26. The Morgan fingerprint density at radius 3 is 2.47 bits per heavy atom. The summed E-state index contributed by atoms with van der Waals surface area (Å²) in [6, 6.07) is 5.55. The minimum absolute atomic E-state index is 0.0910. The van der Waals surface area contributed by atoms with Crippen LogP contribution in [0.2, 0.25) is 0 Å². The van der Waals surface area contributed by atoms with Crippen LogP contribution in [-0.2, 0) is 10.0 Å². The van der Waals surface area contributed by atoms with E-state index >= 15 is 0 Å². The first-order valence-electron chi connectivity index (χ1n) is 5.73. The van der Waals surface area contributed by atoms with Gasteiger partial charge in [-0.15, -0.1) is 0 Å². The molecule has 0 radical (unpaired) electrons. The van der Waals surface area contributed by atoms with Crippen LogP contribution < -0.4 is 10.0 Å². The van der Waals surface area contributed by atoms with Crippen molar-refractivity contribution in [2.45, 2.75) is 20.8 Å². The van der Waals surface area contributed by atoms with Gasteiger partial charge in [-0.2, -0.15) is 0 Å². The molecular weight excluding hydrogens is 236 g/mol. The second kappa shape index (κ2) is 6.02. The van der Waals surface area contributed by atoms with Gasteiger partial charge in [0, 0.05) is 12.2 Å². The van der Waals surface area contributed by atoms with Crippen molar-refractivity contribution in [2.75, 3.05) is 23.6 Å². The zero-order valence-electron chi connectivity index (χ0n) is 10.6. The largest absolute Gasteiger partial charge is 0.316 e. The second-order valence-corrected chi connectivity index (χ2v) is 5.92. The van der Waals surface area contributed by atoms with Gasteiger partial charge >= 0.3 is 0 Å². The Bertz CT molecular complexity index is 469. The molecule has 1 aromatic carbocycles. The van der Waals surface area contributed by atoms with Gasteiger partial charge in [-0.1, -0.05) is 13.0 Å². The van der Waals surface area contributed by atoms with E-state index < -0.39 is 10.0 Å². The van der Waals surface area contributed by atoms with Gasteiger partial charge in [-0.05, 0) is 43.7 Å². The maximum atomic E-state index is 11.7. The zero-order chi connectivity index (χ0) is 12.9. The van der Waals surface area contributed by atoms with Crippen LogP contribution in [-0.4, -0.2) is 27.3 Å². The van der Waals surface area contributed by atoms with Crippen molar-refractivity contribution in [3.05, 3.63) is 29.3 Å². The van der Waals surface area contributed by atoms with Crippen LogP contribution in [0.25, 0.3) is 0 Å². The molecule has 0 fully saturated rings. The van der Waals surface area contributed by atoms with E-state index in [4.69, 9.17) is 0 Å². The number of aryl methyl sites for hydroxylation is 2. The van der Waals surface area contributed by atoms with E-state index in [0.717, 1.165) is 17.7 Å². The fourth-order valence-corrected chi connectivity index (χ4v) is 2.42. The molecule has 1 rings (SSSR count). The van der Waals surface area contributed by atoms with Gasteiger partial charge in [0.2, 0.25) is 10.0 Å². The average molecular weight is 256 g/mol. The van der Waals surface area contributed by atoms with Gasteiger partial charge in [0.25, 0.3) is 0 Å². The monoisotopic (exact) mass is 256 g/mol. The molecule has 0 atom stereocenters. The Morgan fingerprint density at radius 2 is 1.88 bits per heavy atom. The smallest absolute Gasteiger partial charge is 0.233 e. The van der Waals surface area contributed by atoms with Gasteiger partial charge in [0.05, 0.1) is 5.75 Å². The molecule has 0 aliphatic carbocycles. The Balaban J connectivity index is 2.66. The summed E-state index contributed by atoms with van der Waals surface area (Å²) in [4.78, 5) is 0. The van der Waals surface area contributed by atoms with Gasteiger partial charge in [0.15, 0.2) is 0 Å². The van der Waals surface area contributed by atoms with Crippen LogP contribution in [0.4, 0.5) is 5.69 Å². The molecule has 0 unspecified atom stereocenters. The number of sulfonamides is 1. The van der Waals surface area contributed by atoms with Crippen LogP contribution in [0.15, 0.2) is 18.2 Å². The second-order valence-electron chi connectivity index (χ2n) is 4.07. The summed E-state index contributed by atoms with van der Waals surface area (Å²) in [5.74, 6) is 0.0910. The molecule has 0 spiro atoms. The van der Waals surface area contributed by atoms with Crippen molar-refractivity contribution in [3.63, 3.8) is 0 Å². The third-order valence-corrected chi connectivity index (χ3v) is 3.87. The van der Waals surface area contributed by atoms with E-state index in [2.05, 4.69) is 10.0 Å². The van der Waals surface area contributed by atoms with Gasteiger partial charge in [-0.25, -0.2) is 8.42 Å². The average Bonchev–Trinajstić information content (AvgIpc) is 2.23. The van der Waals surface area contributed by atoms with Crippen molar-refractivity contribution in [1.29, 1.82) is 0 Å². The van der Waals surface area contributed by atoms with E-state index in [9.17, 15) is 8.42 Å². The third kappa shape index (κ3) is 4.75. The first kappa shape index (κ1) is 14.0. The van der Waals surface area contributed by atoms with Crippen molar-refractivity contribution in [2.24, 2.45) is 0 Å². The number of hydrogen-bond donors (Lipinski definition) is 2. The number of benzene rings is 1. The van der Waals surface area contributed by atoms with E-state index in [-0.39, 0.29) is 5.75 Å². The van der Waals surface area contributed by atoms with Crippen molar-refractivity contribution >= 4 is 15.7 Å². The Hall–Kier alpha value is -1.07. The quantitative estimate of drug-likeness (QED) is 0.761. The standard InChI is InChI=1S/C12H20N2O2S/c1-4-13-7-8-17(15,16)14-12-6-5-10(2)11(3)9-12/h5-6,9,13-14H,4,7-8H2,1-3H3. The molecule has 0 bridgehead atoms. The number of rotatable bonds is 6. The Labute approximate surface area is 103 Å². The molecule has 5 heteroatoms. The van der Waals surface area contributed by atoms with E-state index in [0.29, 0.717) is 12.2 Å². The molecule has 96 valence electrons. The first-order chi connectivity index (χ1) is 7.94. The number of nitrogens with one attached hydrogen (secondary N) is 2. The van der Waals surface area contributed by atoms with Crippen LogP contribution in [0.1, 0.15) is 18.1 Å². The normalized spacial score (nSPS) is 11.5. The van der Waals surface area contributed by atoms with E-state index in [1.165, 1.54) is 0 Å². The molecule has 17 heavy (non-hydrogen) atoms. The zero-order valence-corrected chi connectivity index (χ0v) is 11.4. The van der Waals surface area contributed by atoms with Gasteiger partial charge < -0.3 is 5.32 Å². The molecule has 0 heterocycles. The van der Waals surface area contributed by atoms with Crippen LogP contribution in [0.5, 0.6) is 0 Å². The van der Waals surface area contributed by atoms with E-state index in [1.807, 2.05) is 32.9 Å². The highest BCUT2D eigenvalue weighted by molar-refractivity contribution is 7.92. The highest BCUT2D eigenvalue weighted by Crippen LogP contribution is 2.15. The third-order valence-electron chi connectivity index (χ3n) is 2.58. The summed E-state index contributed by atoms with van der Waals surface area (Å²) in [5.41, 5.74) is 2.86. The molecule has 2 N–H and O–H groups in total. The van der Waals surface area contributed by atoms with Crippen LogP contribution >= 0.6 is 0 Å². The molecule has 0 amide bonds. The minimum atomic E-state index is -3.25. The summed E-state index contributed by atoms with van der Waals surface area (Å²) in [7, 11) is -3.25. The SMILES string of the molecule is CCNCCS(=O)(=O)Nc1ccc(C)c(C)c1. The number of hydrogen-bond acceptors (Lipinski definition) is 3. The fourth-order valence-electron chi connectivity index (χ4n) is 1.42. The summed E-state index contributed by atoms with van der Waals surface area (Å²) in [6.07, 6.45) is 0. The first-order valence-corrected chi connectivity index (χ1v) is 7.38. The van der Waals surface area contributed by atoms with Gasteiger partial charge in [-0.3, -0.25) is 4.72 Å². The topological polar surface area (TPSA) is 58.2 Å². The van der Waals surface area contributed by atoms with Crippen molar-refractivity contribution in [1.82, 2.24) is 5.32 Å². The van der Waals surface area contributed by atoms with Crippen molar-refractivity contribution < 1.29 is 8.42 Å². The fraction of sp³-hybridized carbons (Fsp3) is 0.500. The highest BCUT2D eigenvalue weighted by atomic mass is 32.2. The molecular formula is C12H20N2O2S. The molecule has 0 saturated heterocycles. The molecule has 0 aliphatic rings. The number of anilines is 1. The van der Waals surface area contributed by atoms with Crippen LogP contribution in [0.3, 0.4) is 0 Å². The molecule has 0 saturated carbocycles. The summed E-state index contributed by atoms with van der Waals surface area (Å²) in [6.45, 7) is 7.16. The maximum absolute atomic E-state index is 11.7. The van der Waals surface area contributed by atoms with Gasteiger partial charge in [0.1, 0.15) is 0 Å². The van der Waals surface area contributed by atoms with E-state index in [1.54, 1.807) is 6.07 Å². The lowest BCUT2D eigenvalue weighted by Gasteiger charge is -2.09. The Kier molecular flexibility index (Phi) is 4.96. The maximum Gasteiger partial charge on any atom is 0.233 e. The lowest BCUT2D eigenvalue weighted by molar-refractivity contribution is 0.597. The molecule has 4 nitrogen and oxygen atoms in total. The molecule has 0 aromatic heterocycles. The lowest BCUT2D eigenvalue weighted by atomic mass is 10.1. The van der Waals surface area contributed by atoms with Crippen LogP contribution in [0, 0.1) is 13.8 Å². The molecule has 0 aliphatic heterocycles.